The van der Waals surface area contributed by atoms with Crippen LogP contribution in [-0.4, -0.2) is 44.4 Å². The molecule has 5 rings (SSSR count). The van der Waals surface area contributed by atoms with Gasteiger partial charge in [0.1, 0.15) is 23.2 Å². The van der Waals surface area contributed by atoms with Crippen LogP contribution >= 0.6 is 9.24 Å². The summed E-state index contributed by atoms with van der Waals surface area (Å²) < 4.78 is 14.7. The molecule has 1 aliphatic heterocycles. The van der Waals surface area contributed by atoms with E-state index in [1.165, 1.54) is 6.07 Å². The van der Waals surface area contributed by atoms with Gasteiger partial charge in [-0.05, 0) is 53.8 Å². The van der Waals surface area contributed by atoms with Crippen LogP contribution in [0.2, 0.25) is 0 Å². The molecule has 34 heavy (non-hydrogen) atoms. The third-order valence-corrected chi connectivity index (χ3v) is 7.13. The van der Waals surface area contributed by atoms with Crippen LogP contribution in [-0.2, 0) is 12.8 Å². The topological polar surface area (TPSA) is 82.4 Å². The Morgan fingerprint density at radius 2 is 2.00 bits per heavy atom. The number of aromatic nitrogens is 3. The largest absolute Gasteiger partial charge is 0.508 e. The van der Waals surface area contributed by atoms with Crippen molar-refractivity contribution in [1.29, 1.82) is 0 Å². The van der Waals surface area contributed by atoms with Gasteiger partial charge in [0, 0.05) is 36.6 Å². The highest BCUT2D eigenvalue weighted by atomic mass is 31.0. The predicted molar refractivity (Wildman–Crippen MR) is 137 cm³/mol. The van der Waals surface area contributed by atoms with Gasteiger partial charge in [-0.1, -0.05) is 19.9 Å². The monoisotopic (exact) mass is 478 g/mol. The molecule has 0 saturated carbocycles. The van der Waals surface area contributed by atoms with Crippen LogP contribution in [0.4, 0.5) is 10.2 Å². The summed E-state index contributed by atoms with van der Waals surface area (Å²) in [5, 5.41) is 23.8. The Kier molecular flexibility index (Phi) is 6.09. The van der Waals surface area contributed by atoms with Crippen molar-refractivity contribution >= 4 is 42.0 Å². The number of phenols is 1. The second kappa shape index (κ2) is 9.05. The van der Waals surface area contributed by atoms with Crippen molar-refractivity contribution in [1.82, 2.24) is 15.0 Å². The van der Waals surface area contributed by atoms with Crippen LogP contribution in [0, 0.1) is 5.82 Å². The van der Waals surface area contributed by atoms with E-state index in [1.54, 1.807) is 24.4 Å². The fourth-order valence-electron chi connectivity index (χ4n) is 4.93. The third-order valence-electron chi connectivity index (χ3n) is 6.58. The van der Waals surface area contributed by atoms with Crippen molar-refractivity contribution in [3.05, 3.63) is 47.7 Å². The highest BCUT2D eigenvalue weighted by Gasteiger charge is 2.24. The van der Waals surface area contributed by atoms with Gasteiger partial charge in [0.05, 0.1) is 22.7 Å². The van der Waals surface area contributed by atoms with E-state index in [2.05, 4.69) is 14.1 Å². The molecule has 0 aliphatic carbocycles. The van der Waals surface area contributed by atoms with Crippen molar-refractivity contribution in [2.24, 2.45) is 0 Å². The number of halogens is 1. The Morgan fingerprint density at radius 3 is 2.74 bits per heavy atom. The minimum absolute atomic E-state index is 0.0994. The maximum Gasteiger partial charge on any atom is 0.141 e. The van der Waals surface area contributed by atoms with Gasteiger partial charge < -0.3 is 15.1 Å². The summed E-state index contributed by atoms with van der Waals surface area (Å²) in [4.78, 5) is 16.5. The molecule has 2 aromatic carbocycles. The molecule has 1 aliphatic rings. The number of benzene rings is 2. The Morgan fingerprint density at radius 1 is 1.18 bits per heavy atom. The van der Waals surface area contributed by atoms with E-state index in [4.69, 9.17) is 15.0 Å². The van der Waals surface area contributed by atoms with Crippen LogP contribution < -0.4 is 10.2 Å². The number of nitrogens with zero attached hydrogens (tertiary/aromatic N) is 4. The Labute approximate surface area is 200 Å². The number of piperidine rings is 1. The first-order chi connectivity index (χ1) is 16.4. The number of rotatable bonds is 4. The number of aliphatic hydroxyl groups is 1. The average Bonchev–Trinajstić information content (AvgIpc) is 2.83. The Hall–Kier alpha value is -2.89. The molecule has 0 radical (unpaired) electrons. The molecule has 2 aromatic heterocycles. The number of anilines is 1. The number of β-amino-alcohol motifs (C(OH)–C–C–N with tert-alkyl or cyclic N) is 1. The first-order valence-electron chi connectivity index (χ1n) is 11.7. The van der Waals surface area contributed by atoms with E-state index in [9.17, 15) is 14.6 Å². The van der Waals surface area contributed by atoms with Crippen LogP contribution in [0.25, 0.3) is 32.9 Å². The highest BCUT2D eigenvalue weighted by molar-refractivity contribution is 7.28. The second-order valence-electron chi connectivity index (χ2n) is 8.81. The summed E-state index contributed by atoms with van der Waals surface area (Å²) in [5.74, 6) is 1.32. The maximum atomic E-state index is 14.7. The highest BCUT2D eigenvalue weighted by Crippen LogP contribution is 2.37. The van der Waals surface area contributed by atoms with E-state index in [1.807, 2.05) is 13.8 Å². The lowest BCUT2D eigenvalue weighted by Gasteiger charge is -2.32. The van der Waals surface area contributed by atoms with Gasteiger partial charge in [0.25, 0.3) is 0 Å². The number of aryl methyl sites for hydroxylation is 2. The molecule has 8 heteroatoms. The Bertz CT molecular complexity index is 1410. The number of fused-ring (bicyclic) bond motifs is 2. The first kappa shape index (κ1) is 22.9. The van der Waals surface area contributed by atoms with E-state index >= 15 is 0 Å². The summed E-state index contributed by atoms with van der Waals surface area (Å²) in [5.41, 5.74) is 2.65. The molecule has 0 amide bonds. The van der Waals surface area contributed by atoms with Crippen LogP contribution in [0.3, 0.4) is 0 Å². The SMILES string of the molecule is CCc1nc(N2CCCC(O)C2)c2cnc(-c3cc(O)cc4ccc(F)c(CC)c34)c(P)c2n1. The van der Waals surface area contributed by atoms with Crippen molar-refractivity contribution in [2.45, 2.75) is 45.6 Å². The molecule has 0 spiro atoms. The number of hydrogen-bond donors (Lipinski definition) is 2. The summed E-state index contributed by atoms with van der Waals surface area (Å²) in [6.07, 6.45) is 4.25. The zero-order valence-electron chi connectivity index (χ0n) is 19.3. The first-order valence-corrected chi connectivity index (χ1v) is 12.3. The van der Waals surface area contributed by atoms with E-state index in [-0.39, 0.29) is 17.7 Å². The maximum absolute atomic E-state index is 14.7. The molecular formula is C26H28FN4O2P. The lowest BCUT2D eigenvalue weighted by Crippen LogP contribution is -2.39. The van der Waals surface area contributed by atoms with Crippen molar-refractivity contribution in [3.63, 3.8) is 0 Å². The zero-order chi connectivity index (χ0) is 24.0. The molecule has 6 nitrogen and oxygen atoms in total. The number of aromatic hydroxyl groups is 1. The van der Waals surface area contributed by atoms with Gasteiger partial charge in [-0.3, -0.25) is 4.98 Å². The minimum Gasteiger partial charge on any atom is -0.508 e. The van der Waals surface area contributed by atoms with Crippen molar-refractivity contribution in [2.75, 3.05) is 18.0 Å². The molecule has 2 N–H and O–H groups in total. The second-order valence-corrected chi connectivity index (χ2v) is 9.39. The molecule has 176 valence electrons. The quantitative estimate of drug-likeness (QED) is 0.426. The van der Waals surface area contributed by atoms with E-state index < -0.39 is 0 Å². The number of phenolic OH excluding ortho intramolecular Hbond substituents is 1. The standard InChI is InChI=1S/C26H28FN4O2P/c1-3-17-20(27)8-7-14-10-16(33)11-18(22(14)17)23-25(34)24-19(12-28-23)26(30-21(4-2)29-24)31-9-5-6-15(32)13-31/h7-8,10-12,15,32-33H,3-6,9,13,34H2,1-2H3. The van der Waals surface area contributed by atoms with Gasteiger partial charge in [-0.25, -0.2) is 14.4 Å². The number of pyridine rings is 1. The van der Waals surface area contributed by atoms with Crippen LogP contribution in [0.15, 0.2) is 30.5 Å². The minimum atomic E-state index is -0.382. The van der Waals surface area contributed by atoms with Gasteiger partial charge in [-0.2, -0.15) is 0 Å². The summed E-state index contributed by atoms with van der Waals surface area (Å²) >= 11 is 0. The molecule has 1 saturated heterocycles. The molecular weight excluding hydrogens is 450 g/mol. The molecule has 2 atom stereocenters. The van der Waals surface area contributed by atoms with Gasteiger partial charge >= 0.3 is 0 Å². The normalized spacial score (nSPS) is 16.5. The molecule has 0 bridgehead atoms. The van der Waals surface area contributed by atoms with Gasteiger partial charge in [0.15, 0.2) is 0 Å². The zero-order valence-corrected chi connectivity index (χ0v) is 20.5. The van der Waals surface area contributed by atoms with Gasteiger partial charge in [0.2, 0.25) is 0 Å². The number of aliphatic hydroxyl groups excluding tert-OH is 1. The summed E-state index contributed by atoms with van der Waals surface area (Å²) in [6.45, 7) is 5.28. The fourth-order valence-corrected chi connectivity index (χ4v) is 5.38. The summed E-state index contributed by atoms with van der Waals surface area (Å²) in [7, 11) is 2.75. The summed E-state index contributed by atoms with van der Waals surface area (Å²) in [6, 6.07) is 6.43. The molecule has 3 heterocycles. The molecule has 4 aromatic rings. The number of hydrogen-bond acceptors (Lipinski definition) is 6. The van der Waals surface area contributed by atoms with E-state index in [0.29, 0.717) is 42.0 Å². The van der Waals surface area contributed by atoms with Crippen LogP contribution in [0.5, 0.6) is 5.75 Å². The third kappa shape index (κ3) is 3.87. The molecule has 2 unspecified atom stereocenters. The lowest BCUT2D eigenvalue weighted by atomic mass is 9.94. The predicted octanol–water partition coefficient (Wildman–Crippen LogP) is 4.28. The van der Waals surface area contributed by atoms with Gasteiger partial charge in [-0.15, -0.1) is 9.24 Å². The van der Waals surface area contributed by atoms with Crippen molar-refractivity contribution < 1.29 is 14.6 Å². The average molecular weight is 479 g/mol. The lowest BCUT2D eigenvalue weighted by molar-refractivity contribution is 0.154. The Balaban J connectivity index is 1.78. The molecule has 1 fully saturated rings. The van der Waals surface area contributed by atoms with Crippen molar-refractivity contribution in [3.8, 4) is 17.0 Å². The van der Waals surface area contributed by atoms with E-state index in [0.717, 1.165) is 52.2 Å². The van der Waals surface area contributed by atoms with Crippen LogP contribution in [0.1, 0.15) is 38.1 Å². The smallest absolute Gasteiger partial charge is 0.141 e. The fraction of sp³-hybridized carbons (Fsp3) is 0.346.